The van der Waals surface area contributed by atoms with Crippen molar-refractivity contribution in [2.24, 2.45) is 29.6 Å². The minimum atomic E-state index is -3.07. The van der Waals surface area contributed by atoms with Crippen molar-refractivity contribution in [3.05, 3.63) is 0 Å². The lowest BCUT2D eigenvalue weighted by atomic mass is 9.74. The monoisotopic (exact) mass is 308 g/mol. The molecule has 0 bridgehead atoms. The molecule has 0 aromatic heterocycles. The molecule has 5 unspecified atom stereocenters. The van der Waals surface area contributed by atoms with Gasteiger partial charge in [0.15, 0.2) is 0 Å². The third-order valence-electron chi connectivity index (χ3n) is 5.89. The van der Waals surface area contributed by atoms with Gasteiger partial charge in [-0.2, -0.15) is 0 Å². The zero-order valence-corrected chi connectivity index (χ0v) is 13.3. The van der Waals surface area contributed by atoms with Crippen LogP contribution in [0.3, 0.4) is 0 Å². The van der Waals surface area contributed by atoms with Gasteiger partial charge in [0.25, 0.3) is 5.92 Å². The summed E-state index contributed by atoms with van der Waals surface area (Å²) < 4.78 is 57.3. The summed E-state index contributed by atoms with van der Waals surface area (Å²) in [5.41, 5.74) is 0. The van der Waals surface area contributed by atoms with Crippen LogP contribution < -0.4 is 0 Å². The lowest BCUT2D eigenvalue weighted by Gasteiger charge is -2.36. The fraction of sp³-hybridized carbons (Fsp3) is 1.00. The maximum absolute atomic E-state index is 14.7. The van der Waals surface area contributed by atoms with Crippen LogP contribution in [0.2, 0.25) is 0 Å². The first kappa shape index (κ1) is 17.1. The van der Waals surface area contributed by atoms with Gasteiger partial charge in [-0.05, 0) is 43.4 Å². The van der Waals surface area contributed by atoms with Crippen LogP contribution in [0.1, 0.15) is 59.3 Å². The van der Waals surface area contributed by atoms with E-state index < -0.39 is 36.0 Å². The van der Waals surface area contributed by atoms with Gasteiger partial charge in [-0.25, -0.2) is 17.6 Å². The van der Waals surface area contributed by atoms with Crippen LogP contribution in [0.15, 0.2) is 0 Å². The highest BCUT2D eigenvalue weighted by atomic mass is 19.3. The molecule has 21 heavy (non-hydrogen) atoms. The van der Waals surface area contributed by atoms with Crippen molar-refractivity contribution in [3.8, 4) is 0 Å². The lowest BCUT2D eigenvalue weighted by Crippen LogP contribution is -2.43. The van der Waals surface area contributed by atoms with Crippen LogP contribution in [0.5, 0.6) is 0 Å². The summed E-state index contributed by atoms with van der Waals surface area (Å²) in [7, 11) is 0. The Balaban J connectivity index is 2.12. The van der Waals surface area contributed by atoms with E-state index >= 15 is 0 Å². The summed E-state index contributed by atoms with van der Waals surface area (Å²) >= 11 is 0. The Kier molecular flexibility index (Phi) is 5.25. The van der Waals surface area contributed by atoms with E-state index in [-0.39, 0.29) is 12.3 Å². The van der Waals surface area contributed by atoms with Crippen molar-refractivity contribution >= 4 is 0 Å². The fourth-order valence-corrected chi connectivity index (χ4v) is 4.50. The Morgan fingerprint density at radius 3 is 2.14 bits per heavy atom. The summed E-state index contributed by atoms with van der Waals surface area (Å²) in [6.07, 6.45) is 0.0852. The second-order valence-corrected chi connectivity index (χ2v) is 7.41. The predicted molar refractivity (Wildman–Crippen MR) is 76.9 cm³/mol. The largest absolute Gasteiger partial charge is 0.257 e. The molecule has 2 aliphatic carbocycles. The standard InChI is InChI=1S/C17H28F4/c1-4-14(18)16(19)15-11(3)9-13(17(15,20)21)12-7-5-10(2)6-8-12/h10-16H,4-9H2,1-3H3. The summed E-state index contributed by atoms with van der Waals surface area (Å²) in [6.45, 7) is 5.33. The summed E-state index contributed by atoms with van der Waals surface area (Å²) in [6, 6.07) is 0. The third kappa shape index (κ3) is 3.24. The fourth-order valence-electron chi connectivity index (χ4n) is 4.50. The molecular weight excluding hydrogens is 280 g/mol. The van der Waals surface area contributed by atoms with Gasteiger partial charge in [-0.3, -0.25) is 0 Å². The molecule has 4 heteroatoms. The molecule has 0 aliphatic heterocycles. The van der Waals surface area contributed by atoms with Crippen molar-refractivity contribution in [1.29, 1.82) is 0 Å². The quantitative estimate of drug-likeness (QED) is 0.575. The highest BCUT2D eigenvalue weighted by Gasteiger charge is 2.61. The SMILES string of the molecule is CCC(F)C(F)C1C(C)CC(C2CCC(C)CC2)C1(F)F. The van der Waals surface area contributed by atoms with Crippen LogP contribution in [0.4, 0.5) is 17.6 Å². The Hall–Kier alpha value is -0.280. The maximum Gasteiger partial charge on any atom is 0.257 e. The van der Waals surface area contributed by atoms with Gasteiger partial charge in [0.1, 0.15) is 12.3 Å². The topological polar surface area (TPSA) is 0 Å². The van der Waals surface area contributed by atoms with E-state index in [0.717, 1.165) is 25.7 Å². The van der Waals surface area contributed by atoms with E-state index in [9.17, 15) is 17.6 Å². The Bertz CT molecular complexity index is 336. The molecular formula is C17H28F4. The first-order chi connectivity index (χ1) is 9.78. The van der Waals surface area contributed by atoms with Gasteiger partial charge >= 0.3 is 0 Å². The predicted octanol–water partition coefficient (Wildman–Crippen LogP) is 5.81. The Morgan fingerprint density at radius 2 is 1.62 bits per heavy atom. The van der Waals surface area contributed by atoms with E-state index in [1.165, 1.54) is 6.92 Å². The number of hydrogen-bond acceptors (Lipinski definition) is 0. The molecule has 0 amide bonds. The number of alkyl halides is 4. The molecule has 0 aromatic rings. The van der Waals surface area contributed by atoms with Crippen molar-refractivity contribution in [2.45, 2.75) is 77.6 Å². The van der Waals surface area contributed by atoms with Gasteiger partial charge in [0.2, 0.25) is 0 Å². The number of halogens is 4. The summed E-state index contributed by atoms with van der Waals surface area (Å²) in [4.78, 5) is 0. The molecule has 2 fully saturated rings. The average molecular weight is 308 g/mol. The van der Waals surface area contributed by atoms with Crippen LogP contribution in [0, 0.1) is 29.6 Å². The van der Waals surface area contributed by atoms with E-state index in [0.29, 0.717) is 12.3 Å². The maximum atomic E-state index is 14.7. The molecule has 124 valence electrons. The van der Waals surface area contributed by atoms with Crippen LogP contribution in [0.25, 0.3) is 0 Å². The molecule has 2 saturated carbocycles. The molecule has 2 aliphatic rings. The molecule has 0 nitrogen and oxygen atoms in total. The van der Waals surface area contributed by atoms with Crippen molar-refractivity contribution in [1.82, 2.24) is 0 Å². The van der Waals surface area contributed by atoms with E-state index in [1.807, 2.05) is 0 Å². The number of rotatable bonds is 4. The summed E-state index contributed by atoms with van der Waals surface area (Å²) in [5.74, 6) is -5.12. The molecule has 0 heterocycles. The number of hydrogen-bond donors (Lipinski definition) is 0. The molecule has 5 atom stereocenters. The van der Waals surface area contributed by atoms with Gasteiger partial charge < -0.3 is 0 Å². The Morgan fingerprint density at radius 1 is 1.05 bits per heavy atom. The second kappa shape index (κ2) is 6.45. The summed E-state index contributed by atoms with van der Waals surface area (Å²) in [5, 5.41) is 0. The zero-order valence-electron chi connectivity index (χ0n) is 13.3. The van der Waals surface area contributed by atoms with Gasteiger partial charge in [-0.1, -0.05) is 33.6 Å². The van der Waals surface area contributed by atoms with Crippen LogP contribution in [-0.4, -0.2) is 18.3 Å². The van der Waals surface area contributed by atoms with Gasteiger partial charge in [0.05, 0.1) is 5.92 Å². The van der Waals surface area contributed by atoms with E-state index in [4.69, 9.17) is 0 Å². The van der Waals surface area contributed by atoms with E-state index in [1.54, 1.807) is 6.92 Å². The molecule has 0 spiro atoms. The third-order valence-corrected chi connectivity index (χ3v) is 5.89. The van der Waals surface area contributed by atoms with Crippen LogP contribution >= 0.6 is 0 Å². The van der Waals surface area contributed by atoms with Gasteiger partial charge in [0, 0.05) is 5.92 Å². The molecule has 0 saturated heterocycles. The van der Waals surface area contributed by atoms with Crippen LogP contribution in [-0.2, 0) is 0 Å². The zero-order chi connectivity index (χ0) is 15.8. The highest BCUT2D eigenvalue weighted by Crippen LogP contribution is 2.56. The first-order valence-electron chi connectivity index (χ1n) is 8.44. The second-order valence-electron chi connectivity index (χ2n) is 7.41. The van der Waals surface area contributed by atoms with Crippen molar-refractivity contribution in [2.75, 3.05) is 0 Å². The molecule has 2 rings (SSSR count). The van der Waals surface area contributed by atoms with Gasteiger partial charge in [-0.15, -0.1) is 0 Å². The Labute approximate surface area is 125 Å². The lowest BCUT2D eigenvalue weighted by molar-refractivity contribution is -0.130. The molecule has 0 N–H and O–H groups in total. The normalized spacial score (nSPS) is 42.7. The minimum absolute atomic E-state index is 0.0180. The van der Waals surface area contributed by atoms with Crippen molar-refractivity contribution in [3.63, 3.8) is 0 Å². The molecule has 0 aromatic carbocycles. The molecule has 0 radical (unpaired) electrons. The highest BCUT2D eigenvalue weighted by molar-refractivity contribution is 5.02. The minimum Gasteiger partial charge on any atom is -0.244 e. The average Bonchev–Trinajstić information content (AvgIpc) is 2.68. The smallest absolute Gasteiger partial charge is 0.244 e. The first-order valence-corrected chi connectivity index (χ1v) is 8.44. The van der Waals surface area contributed by atoms with E-state index in [2.05, 4.69) is 6.92 Å². The van der Waals surface area contributed by atoms with Crippen molar-refractivity contribution < 1.29 is 17.6 Å².